The molecule has 0 bridgehead atoms. The number of benzene rings is 2. The fourth-order valence-electron chi connectivity index (χ4n) is 4.46. The summed E-state index contributed by atoms with van der Waals surface area (Å²) in [5, 5.41) is 11.7. The van der Waals surface area contributed by atoms with E-state index in [2.05, 4.69) is 64.1 Å². The van der Waals surface area contributed by atoms with Gasteiger partial charge in [-0.05, 0) is 37.2 Å². The number of aliphatic hydroxyl groups is 1. The third-order valence-electron chi connectivity index (χ3n) is 5.38. The summed E-state index contributed by atoms with van der Waals surface area (Å²) in [7, 11) is 4.18. The van der Waals surface area contributed by atoms with Gasteiger partial charge in [0.15, 0.2) is 5.66 Å². The van der Waals surface area contributed by atoms with Crippen molar-refractivity contribution in [3.05, 3.63) is 64.1 Å². The van der Waals surface area contributed by atoms with Crippen LogP contribution in [-0.2, 0) is 11.3 Å². The van der Waals surface area contributed by atoms with Gasteiger partial charge in [-0.2, -0.15) is 0 Å². The fraction of sp³-hybridized carbons (Fsp3) is 0.333. The molecule has 22 heavy (non-hydrogen) atoms. The molecule has 2 aliphatic heterocycles. The summed E-state index contributed by atoms with van der Waals surface area (Å²) in [5.74, 6) is 0. The quantitative estimate of drug-likeness (QED) is 0.847. The maximum Gasteiger partial charge on any atom is 0.153 e. The lowest BCUT2D eigenvalue weighted by Crippen LogP contribution is -2.58. The van der Waals surface area contributed by atoms with Crippen molar-refractivity contribution in [3.8, 4) is 0 Å². The van der Waals surface area contributed by atoms with Gasteiger partial charge in [0.25, 0.3) is 0 Å². The van der Waals surface area contributed by atoms with Crippen molar-refractivity contribution >= 4 is 21.6 Å². The second-order valence-corrected chi connectivity index (χ2v) is 7.20. The Kier molecular flexibility index (Phi) is 2.96. The Morgan fingerprint density at radius 1 is 1.05 bits per heavy atom. The van der Waals surface area contributed by atoms with E-state index in [0.717, 1.165) is 34.3 Å². The molecule has 3 nitrogen and oxygen atoms in total. The van der Waals surface area contributed by atoms with Crippen LogP contribution >= 0.6 is 15.9 Å². The van der Waals surface area contributed by atoms with Gasteiger partial charge < -0.3 is 10.0 Å². The topological polar surface area (TPSA) is 26.7 Å². The Labute approximate surface area is 139 Å². The monoisotopic (exact) mass is 358 g/mol. The minimum atomic E-state index is -0.888. The van der Waals surface area contributed by atoms with Crippen LogP contribution < -0.4 is 4.90 Å². The van der Waals surface area contributed by atoms with Gasteiger partial charge in [-0.3, -0.25) is 4.90 Å². The molecule has 0 spiro atoms. The first-order chi connectivity index (χ1) is 10.5. The molecular formula is C18H19BrN2O. The van der Waals surface area contributed by atoms with Crippen LogP contribution in [0.5, 0.6) is 0 Å². The van der Waals surface area contributed by atoms with Gasteiger partial charge in [-0.15, -0.1) is 0 Å². The average molecular weight is 359 g/mol. The van der Waals surface area contributed by atoms with Gasteiger partial charge in [-0.1, -0.05) is 46.3 Å². The number of anilines is 1. The number of likely N-dealkylation sites (N-methyl/N-ethyl adjacent to an activating group) is 2. The minimum Gasteiger partial charge on any atom is -0.381 e. The molecule has 0 unspecified atom stereocenters. The highest BCUT2D eigenvalue weighted by Gasteiger charge is 2.66. The van der Waals surface area contributed by atoms with Gasteiger partial charge in [0.1, 0.15) is 5.60 Å². The number of hydrogen-bond donors (Lipinski definition) is 1. The summed E-state index contributed by atoms with van der Waals surface area (Å²) in [5.41, 5.74) is 1.83. The number of fused-ring (bicyclic) bond motifs is 3. The lowest BCUT2D eigenvalue weighted by Gasteiger charge is -2.46. The molecule has 0 aromatic heterocycles. The number of rotatable bonds is 1. The molecule has 4 rings (SSSR count). The Morgan fingerprint density at radius 3 is 2.45 bits per heavy atom. The smallest absolute Gasteiger partial charge is 0.153 e. The van der Waals surface area contributed by atoms with E-state index < -0.39 is 11.3 Å². The number of hydrogen-bond acceptors (Lipinski definition) is 3. The SMILES string of the molecule is CN1CC[C@@]2(O)c3ccccc3N(C)[C@@]12c1ccc(Br)cc1. The van der Waals surface area contributed by atoms with Crippen LogP contribution in [0.3, 0.4) is 0 Å². The summed E-state index contributed by atoms with van der Waals surface area (Å²) < 4.78 is 1.05. The molecule has 114 valence electrons. The van der Waals surface area contributed by atoms with E-state index in [1.165, 1.54) is 0 Å². The number of nitrogens with zero attached hydrogens (tertiary/aromatic N) is 2. The van der Waals surface area contributed by atoms with E-state index in [1.54, 1.807) is 0 Å². The fourth-order valence-corrected chi connectivity index (χ4v) is 4.73. The lowest BCUT2D eigenvalue weighted by atomic mass is 9.80. The highest BCUT2D eigenvalue weighted by atomic mass is 79.9. The van der Waals surface area contributed by atoms with Crippen LogP contribution in [0.2, 0.25) is 0 Å². The zero-order valence-electron chi connectivity index (χ0n) is 12.8. The van der Waals surface area contributed by atoms with Crippen molar-refractivity contribution in [1.82, 2.24) is 4.90 Å². The largest absolute Gasteiger partial charge is 0.381 e. The Hall–Kier alpha value is -1.36. The first-order valence-corrected chi connectivity index (χ1v) is 8.34. The molecule has 4 heteroatoms. The molecule has 1 saturated heterocycles. The third kappa shape index (κ3) is 1.48. The van der Waals surface area contributed by atoms with E-state index in [-0.39, 0.29) is 0 Å². The summed E-state index contributed by atoms with van der Waals surface area (Å²) in [6.07, 6.45) is 0.737. The lowest BCUT2D eigenvalue weighted by molar-refractivity contribution is -0.0535. The van der Waals surface area contributed by atoms with Crippen molar-refractivity contribution < 1.29 is 5.11 Å². The van der Waals surface area contributed by atoms with E-state index in [9.17, 15) is 5.11 Å². The third-order valence-corrected chi connectivity index (χ3v) is 5.91. The standard InChI is InChI=1S/C18H19BrN2O/c1-20-12-11-17(22)15-5-3-4-6-16(15)21(2)18(17,20)13-7-9-14(19)10-8-13/h3-10,22H,11-12H2,1-2H3/t17-,18-/m1/s1. The number of likely N-dealkylation sites (tertiary alicyclic amines) is 1. The first-order valence-electron chi connectivity index (χ1n) is 7.55. The highest BCUT2D eigenvalue weighted by Crippen LogP contribution is 2.60. The molecule has 2 aromatic rings. The van der Waals surface area contributed by atoms with E-state index in [1.807, 2.05) is 24.3 Å². The summed E-state index contributed by atoms with van der Waals surface area (Å²) in [6, 6.07) is 16.5. The molecular weight excluding hydrogens is 340 g/mol. The normalized spacial score (nSPS) is 30.5. The number of halogens is 1. The minimum absolute atomic E-state index is 0.544. The summed E-state index contributed by atoms with van der Waals surface area (Å²) >= 11 is 3.51. The Morgan fingerprint density at radius 2 is 1.73 bits per heavy atom. The molecule has 0 aliphatic carbocycles. The molecule has 2 heterocycles. The van der Waals surface area contributed by atoms with Crippen molar-refractivity contribution in [2.45, 2.75) is 17.7 Å². The van der Waals surface area contributed by atoms with Crippen LogP contribution in [0.1, 0.15) is 17.5 Å². The molecule has 1 N–H and O–H groups in total. The van der Waals surface area contributed by atoms with Gasteiger partial charge in [0.2, 0.25) is 0 Å². The van der Waals surface area contributed by atoms with Crippen molar-refractivity contribution in [2.24, 2.45) is 0 Å². The van der Waals surface area contributed by atoms with Crippen molar-refractivity contribution in [1.29, 1.82) is 0 Å². The van der Waals surface area contributed by atoms with Gasteiger partial charge in [0, 0.05) is 29.3 Å². The predicted molar refractivity (Wildman–Crippen MR) is 91.8 cm³/mol. The molecule has 2 aromatic carbocycles. The summed E-state index contributed by atoms with van der Waals surface area (Å²) in [6.45, 7) is 0.866. The van der Waals surface area contributed by atoms with Crippen molar-refractivity contribution in [3.63, 3.8) is 0 Å². The molecule has 2 atom stereocenters. The van der Waals surface area contributed by atoms with E-state index in [4.69, 9.17) is 0 Å². The Balaban J connectivity index is 2.02. The zero-order chi connectivity index (χ0) is 15.5. The maximum atomic E-state index is 11.7. The van der Waals surface area contributed by atoms with Gasteiger partial charge >= 0.3 is 0 Å². The first kappa shape index (κ1) is 14.2. The molecule has 1 fully saturated rings. The maximum absolute atomic E-state index is 11.7. The van der Waals surface area contributed by atoms with Crippen LogP contribution in [0.15, 0.2) is 53.0 Å². The van der Waals surface area contributed by atoms with Crippen LogP contribution in [0.4, 0.5) is 5.69 Å². The summed E-state index contributed by atoms with van der Waals surface area (Å²) in [4.78, 5) is 4.51. The van der Waals surface area contributed by atoms with Crippen molar-refractivity contribution in [2.75, 3.05) is 25.5 Å². The second kappa shape index (κ2) is 4.57. The molecule has 0 radical (unpaired) electrons. The van der Waals surface area contributed by atoms with Gasteiger partial charge in [-0.25, -0.2) is 0 Å². The van der Waals surface area contributed by atoms with Crippen LogP contribution in [-0.4, -0.2) is 30.6 Å². The van der Waals surface area contributed by atoms with Crippen LogP contribution in [0.25, 0.3) is 0 Å². The highest BCUT2D eigenvalue weighted by molar-refractivity contribution is 9.10. The Bertz CT molecular complexity index is 732. The molecule has 0 saturated carbocycles. The molecule has 0 amide bonds. The average Bonchev–Trinajstić information content (AvgIpc) is 2.91. The number of para-hydroxylation sites is 1. The molecule has 2 aliphatic rings. The zero-order valence-corrected chi connectivity index (χ0v) is 14.3. The van der Waals surface area contributed by atoms with Crippen LogP contribution in [0, 0.1) is 0 Å². The second-order valence-electron chi connectivity index (χ2n) is 6.29. The van der Waals surface area contributed by atoms with E-state index >= 15 is 0 Å². The predicted octanol–water partition coefficient (Wildman–Crippen LogP) is 3.28. The van der Waals surface area contributed by atoms with E-state index in [0.29, 0.717) is 0 Å². The van der Waals surface area contributed by atoms with Gasteiger partial charge in [0.05, 0.1) is 0 Å².